The molecule has 0 aliphatic heterocycles. The Morgan fingerprint density at radius 1 is 1.27 bits per heavy atom. The molecule has 0 bridgehead atoms. The minimum atomic E-state index is -0.611. The first-order valence-corrected chi connectivity index (χ1v) is 10.1. The van der Waals surface area contributed by atoms with Crippen LogP contribution in [0.25, 0.3) is 16.7 Å². The van der Waals surface area contributed by atoms with Gasteiger partial charge in [-0.3, -0.25) is 9.59 Å². The van der Waals surface area contributed by atoms with Crippen molar-refractivity contribution >= 4 is 46.0 Å². The number of aromatic nitrogens is 4. The second kappa shape index (κ2) is 8.29. The van der Waals surface area contributed by atoms with Crippen LogP contribution in [0.4, 0.5) is 10.1 Å². The van der Waals surface area contributed by atoms with Crippen molar-refractivity contribution in [3.8, 4) is 5.69 Å². The molecular weight excluding hydrogens is 429 g/mol. The maximum absolute atomic E-state index is 13.2. The number of H-pyrrole nitrogens is 1. The molecule has 2 N–H and O–H groups in total. The highest BCUT2D eigenvalue weighted by molar-refractivity contribution is 8.00. The van der Waals surface area contributed by atoms with Gasteiger partial charge in [0.05, 0.1) is 27.8 Å². The number of halogens is 2. The lowest BCUT2D eigenvalue weighted by molar-refractivity contribution is -0.115. The first-order chi connectivity index (χ1) is 14.4. The van der Waals surface area contributed by atoms with Crippen molar-refractivity contribution in [1.82, 2.24) is 19.7 Å². The van der Waals surface area contributed by atoms with Crippen LogP contribution in [0.3, 0.4) is 0 Å². The molecular formula is C20H15ClFN5O2S. The van der Waals surface area contributed by atoms with Gasteiger partial charge in [-0.05, 0) is 37.3 Å². The Balaban J connectivity index is 1.58. The van der Waals surface area contributed by atoms with Crippen molar-refractivity contribution in [3.05, 3.63) is 75.9 Å². The molecule has 1 atom stereocenters. The van der Waals surface area contributed by atoms with Crippen LogP contribution in [0.2, 0.25) is 5.02 Å². The average Bonchev–Trinajstić information content (AvgIpc) is 3.15. The molecule has 10 heteroatoms. The molecule has 0 fully saturated rings. The highest BCUT2D eigenvalue weighted by Crippen LogP contribution is 2.26. The van der Waals surface area contributed by atoms with E-state index in [2.05, 4.69) is 20.4 Å². The lowest BCUT2D eigenvalue weighted by Gasteiger charge is -2.12. The lowest BCUT2D eigenvalue weighted by atomic mass is 10.3. The second-order valence-corrected chi connectivity index (χ2v) is 8.11. The van der Waals surface area contributed by atoms with Crippen LogP contribution in [0, 0.1) is 5.82 Å². The van der Waals surface area contributed by atoms with Gasteiger partial charge >= 0.3 is 0 Å². The molecule has 0 aliphatic carbocycles. The molecule has 0 saturated carbocycles. The topological polar surface area (TPSA) is 92.7 Å². The first-order valence-electron chi connectivity index (χ1n) is 8.88. The van der Waals surface area contributed by atoms with Gasteiger partial charge in [0.1, 0.15) is 11.2 Å². The number of carbonyl (C=O) groups is 1. The number of benzene rings is 2. The van der Waals surface area contributed by atoms with Gasteiger partial charge in [-0.1, -0.05) is 41.6 Å². The SMILES string of the molecule is C[C@H](Sc1nc2c(cnn2-c2ccccc2)c(=O)[nH]1)C(=O)Nc1ccc(F)cc1Cl. The maximum Gasteiger partial charge on any atom is 0.262 e. The summed E-state index contributed by atoms with van der Waals surface area (Å²) in [6.45, 7) is 1.66. The van der Waals surface area contributed by atoms with E-state index in [4.69, 9.17) is 11.6 Å². The van der Waals surface area contributed by atoms with Gasteiger partial charge < -0.3 is 10.3 Å². The van der Waals surface area contributed by atoms with E-state index in [-0.39, 0.29) is 21.6 Å². The Morgan fingerprint density at radius 3 is 2.77 bits per heavy atom. The third kappa shape index (κ3) is 4.07. The largest absolute Gasteiger partial charge is 0.324 e. The Labute approximate surface area is 179 Å². The molecule has 0 saturated heterocycles. The average molecular weight is 444 g/mol. The first kappa shape index (κ1) is 20.1. The van der Waals surface area contributed by atoms with Gasteiger partial charge in [0, 0.05) is 0 Å². The fourth-order valence-corrected chi connectivity index (χ4v) is 3.76. The zero-order valence-electron chi connectivity index (χ0n) is 15.6. The highest BCUT2D eigenvalue weighted by Gasteiger charge is 2.19. The van der Waals surface area contributed by atoms with Crippen LogP contribution in [0.5, 0.6) is 0 Å². The van der Waals surface area contributed by atoms with Crippen molar-refractivity contribution in [2.24, 2.45) is 0 Å². The van der Waals surface area contributed by atoms with Gasteiger partial charge in [0.2, 0.25) is 5.91 Å². The van der Waals surface area contributed by atoms with E-state index >= 15 is 0 Å². The number of hydrogen-bond acceptors (Lipinski definition) is 5. The Hall–Kier alpha value is -3.17. The summed E-state index contributed by atoms with van der Waals surface area (Å²) in [5.74, 6) is -0.863. The highest BCUT2D eigenvalue weighted by atomic mass is 35.5. The van der Waals surface area contributed by atoms with Crippen LogP contribution >= 0.6 is 23.4 Å². The number of thioether (sulfide) groups is 1. The second-order valence-electron chi connectivity index (χ2n) is 6.37. The number of rotatable bonds is 5. The molecule has 4 rings (SSSR count). The fraction of sp³-hybridized carbons (Fsp3) is 0.100. The van der Waals surface area contributed by atoms with E-state index in [0.29, 0.717) is 16.7 Å². The summed E-state index contributed by atoms with van der Waals surface area (Å²) in [5, 5.41) is 7.01. The maximum atomic E-state index is 13.2. The van der Waals surface area contributed by atoms with Crippen molar-refractivity contribution < 1.29 is 9.18 Å². The number of fused-ring (bicyclic) bond motifs is 1. The summed E-state index contributed by atoms with van der Waals surface area (Å²) in [4.78, 5) is 32.1. The van der Waals surface area contributed by atoms with Crippen LogP contribution in [0.1, 0.15) is 6.92 Å². The third-order valence-electron chi connectivity index (χ3n) is 4.26. The number of nitrogens with one attached hydrogen (secondary N) is 2. The van der Waals surface area contributed by atoms with E-state index in [0.717, 1.165) is 23.5 Å². The summed E-state index contributed by atoms with van der Waals surface area (Å²) in [6.07, 6.45) is 1.45. The molecule has 1 amide bonds. The quantitative estimate of drug-likeness (QED) is 0.359. The number of amides is 1. The third-order valence-corrected chi connectivity index (χ3v) is 5.56. The van der Waals surface area contributed by atoms with Gasteiger partial charge in [-0.15, -0.1) is 0 Å². The summed E-state index contributed by atoms with van der Waals surface area (Å²) < 4.78 is 14.7. The zero-order chi connectivity index (χ0) is 21.3. The minimum Gasteiger partial charge on any atom is -0.324 e. The minimum absolute atomic E-state index is 0.0975. The van der Waals surface area contributed by atoms with Gasteiger partial charge in [0.15, 0.2) is 10.8 Å². The van der Waals surface area contributed by atoms with E-state index in [1.807, 2.05) is 30.3 Å². The monoisotopic (exact) mass is 443 g/mol. The van der Waals surface area contributed by atoms with Gasteiger partial charge in [-0.25, -0.2) is 14.1 Å². The molecule has 2 heterocycles. The Kier molecular flexibility index (Phi) is 5.56. The smallest absolute Gasteiger partial charge is 0.262 e. The summed E-state index contributed by atoms with van der Waals surface area (Å²) >= 11 is 7.04. The lowest BCUT2D eigenvalue weighted by Crippen LogP contribution is -2.23. The van der Waals surface area contributed by atoms with Crippen molar-refractivity contribution in [3.63, 3.8) is 0 Å². The van der Waals surface area contributed by atoms with E-state index < -0.39 is 11.1 Å². The number of hydrogen-bond donors (Lipinski definition) is 2. The normalized spacial score (nSPS) is 12.1. The predicted octanol–water partition coefficient (Wildman–Crippen LogP) is 4.02. The summed E-state index contributed by atoms with van der Waals surface area (Å²) in [6, 6.07) is 13.0. The molecule has 2 aromatic heterocycles. The van der Waals surface area contributed by atoms with Crippen LogP contribution < -0.4 is 10.9 Å². The Bertz CT molecular complexity index is 1290. The molecule has 30 heavy (non-hydrogen) atoms. The molecule has 0 aliphatic rings. The number of aromatic amines is 1. The van der Waals surface area contributed by atoms with Gasteiger partial charge in [-0.2, -0.15) is 5.10 Å². The molecule has 7 nitrogen and oxygen atoms in total. The van der Waals surface area contributed by atoms with Crippen LogP contribution in [-0.4, -0.2) is 30.9 Å². The molecule has 2 aromatic carbocycles. The summed E-state index contributed by atoms with van der Waals surface area (Å²) in [7, 11) is 0. The van der Waals surface area contributed by atoms with Crippen molar-refractivity contribution in [2.75, 3.05) is 5.32 Å². The number of para-hydroxylation sites is 1. The molecule has 0 radical (unpaired) electrons. The van der Waals surface area contributed by atoms with Crippen molar-refractivity contribution in [1.29, 1.82) is 0 Å². The van der Waals surface area contributed by atoms with Crippen LogP contribution in [0.15, 0.2) is 64.7 Å². The standard InChI is InChI=1S/C20H15ClFN5O2S/c1-11(18(28)24-16-8-7-12(22)9-15(16)21)30-20-25-17-14(19(29)26-20)10-23-27(17)13-5-3-2-4-6-13/h2-11H,1H3,(H,24,28)(H,25,26,29)/t11-/m0/s1. The molecule has 4 aromatic rings. The van der Waals surface area contributed by atoms with E-state index in [9.17, 15) is 14.0 Å². The number of nitrogens with zero attached hydrogens (tertiary/aromatic N) is 3. The Morgan fingerprint density at radius 2 is 2.03 bits per heavy atom. The fourth-order valence-electron chi connectivity index (χ4n) is 2.76. The number of carbonyl (C=O) groups excluding carboxylic acids is 1. The van der Waals surface area contributed by atoms with Gasteiger partial charge in [0.25, 0.3) is 5.56 Å². The molecule has 0 spiro atoms. The summed E-state index contributed by atoms with van der Waals surface area (Å²) in [5.41, 5.74) is 1.10. The predicted molar refractivity (Wildman–Crippen MR) is 115 cm³/mol. The number of anilines is 1. The van der Waals surface area contributed by atoms with E-state index in [1.54, 1.807) is 11.6 Å². The molecule has 0 unspecified atom stereocenters. The van der Waals surface area contributed by atoms with Crippen LogP contribution in [-0.2, 0) is 4.79 Å². The van der Waals surface area contributed by atoms with Crippen molar-refractivity contribution in [2.45, 2.75) is 17.3 Å². The molecule has 152 valence electrons. The zero-order valence-corrected chi connectivity index (χ0v) is 17.2. The van der Waals surface area contributed by atoms with E-state index in [1.165, 1.54) is 18.3 Å².